The molecule has 0 unspecified atom stereocenters. The molecule has 0 bridgehead atoms. The summed E-state index contributed by atoms with van der Waals surface area (Å²) in [5.41, 5.74) is 0. The Hall–Kier alpha value is 0.1000. The van der Waals surface area contributed by atoms with E-state index < -0.39 is 5.97 Å². The van der Waals surface area contributed by atoms with Gasteiger partial charge in [-0.2, -0.15) is 0 Å². The number of thiazole rings is 1. The molecule has 0 aromatic carbocycles. The van der Waals surface area contributed by atoms with Gasteiger partial charge < -0.3 is 5.11 Å². The van der Waals surface area contributed by atoms with Crippen molar-refractivity contribution < 1.29 is 9.90 Å². The molecule has 3 nitrogen and oxygen atoms in total. The molecular weight excluding hydrogens is 149 g/mol. The number of carboxylic acid groups (broad SMARTS) is 1. The molecule has 0 saturated carbocycles. The van der Waals surface area contributed by atoms with Gasteiger partial charge in [-0.25, -0.2) is 9.78 Å². The molecule has 0 atom stereocenters. The van der Waals surface area contributed by atoms with Gasteiger partial charge in [0, 0.05) is 41.1 Å². The molecule has 1 radical (unpaired) electrons. The maximum Gasteiger partial charge on any atom is 0.364 e. The van der Waals surface area contributed by atoms with Crippen LogP contribution in [-0.4, -0.2) is 45.6 Å². The first-order valence-electron chi connectivity index (χ1n) is 1.93. The van der Waals surface area contributed by atoms with Crippen LogP contribution in [0.2, 0.25) is 0 Å². The molecule has 0 spiro atoms. The summed E-state index contributed by atoms with van der Waals surface area (Å²) in [7, 11) is 0. The van der Waals surface area contributed by atoms with Crippen LogP contribution in [0.4, 0.5) is 0 Å². The SMILES string of the molecule is O=C(O)c1nccs1.[Na]. The summed E-state index contributed by atoms with van der Waals surface area (Å²) in [4.78, 5) is 13.5. The van der Waals surface area contributed by atoms with Gasteiger partial charge >= 0.3 is 5.97 Å². The van der Waals surface area contributed by atoms with Crippen LogP contribution in [0.3, 0.4) is 0 Å². The van der Waals surface area contributed by atoms with Crippen molar-refractivity contribution in [2.45, 2.75) is 0 Å². The van der Waals surface area contributed by atoms with Crippen LogP contribution >= 0.6 is 11.3 Å². The third kappa shape index (κ3) is 2.45. The molecule has 9 heavy (non-hydrogen) atoms. The summed E-state index contributed by atoms with van der Waals surface area (Å²) in [6.45, 7) is 0. The van der Waals surface area contributed by atoms with E-state index in [0.717, 1.165) is 11.3 Å². The quantitative estimate of drug-likeness (QED) is 0.595. The van der Waals surface area contributed by atoms with E-state index in [1.54, 1.807) is 5.38 Å². The maximum atomic E-state index is 10.0. The smallest absolute Gasteiger partial charge is 0.364 e. The van der Waals surface area contributed by atoms with Gasteiger partial charge in [0.2, 0.25) is 5.01 Å². The Bertz CT molecular complexity index is 186. The second kappa shape index (κ2) is 4.00. The van der Waals surface area contributed by atoms with Crippen molar-refractivity contribution in [3.63, 3.8) is 0 Å². The van der Waals surface area contributed by atoms with E-state index in [2.05, 4.69) is 4.98 Å². The first-order valence-corrected chi connectivity index (χ1v) is 2.81. The Morgan fingerprint density at radius 3 is 2.67 bits per heavy atom. The third-order valence-corrected chi connectivity index (χ3v) is 1.38. The van der Waals surface area contributed by atoms with Crippen molar-refractivity contribution in [2.24, 2.45) is 0 Å². The van der Waals surface area contributed by atoms with Gasteiger partial charge in [0.25, 0.3) is 0 Å². The molecule has 0 saturated heterocycles. The number of carboxylic acids is 1. The number of rotatable bonds is 1. The molecule has 1 heterocycles. The summed E-state index contributed by atoms with van der Waals surface area (Å²) in [6, 6.07) is 0. The van der Waals surface area contributed by atoms with Gasteiger partial charge in [-0.3, -0.25) is 0 Å². The molecular formula is C4H3NNaO2S. The molecule has 43 valence electrons. The standard InChI is InChI=1S/C4H3NO2S.Na/c6-4(7)3-5-1-2-8-3;/h1-2H,(H,6,7);. The minimum atomic E-state index is -0.958. The Morgan fingerprint density at radius 1 is 1.78 bits per heavy atom. The van der Waals surface area contributed by atoms with Gasteiger partial charge in [-0.15, -0.1) is 11.3 Å². The van der Waals surface area contributed by atoms with Gasteiger partial charge in [-0.05, 0) is 0 Å². The molecule has 1 rings (SSSR count). The molecule has 0 aliphatic heterocycles. The van der Waals surface area contributed by atoms with E-state index in [1.807, 2.05) is 0 Å². The predicted octanol–water partition coefficient (Wildman–Crippen LogP) is 0.460. The van der Waals surface area contributed by atoms with E-state index >= 15 is 0 Å². The fourth-order valence-corrected chi connectivity index (χ4v) is 0.802. The van der Waals surface area contributed by atoms with Crippen LogP contribution < -0.4 is 0 Å². The normalized spacial score (nSPS) is 8.00. The average Bonchev–Trinajstić information content (AvgIpc) is 2.12. The number of hydrogen-bond donors (Lipinski definition) is 1. The third-order valence-electron chi connectivity index (χ3n) is 0.615. The summed E-state index contributed by atoms with van der Waals surface area (Å²) in [6.07, 6.45) is 1.47. The first kappa shape index (κ1) is 9.10. The molecule has 0 fully saturated rings. The largest absolute Gasteiger partial charge is 0.476 e. The summed E-state index contributed by atoms with van der Waals surface area (Å²) < 4.78 is 0. The van der Waals surface area contributed by atoms with Crippen molar-refractivity contribution in [2.75, 3.05) is 0 Å². The topological polar surface area (TPSA) is 50.2 Å². The molecule has 1 aromatic rings. The fourth-order valence-electron chi connectivity index (χ4n) is 0.329. The zero-order chi connectivity index (χ0) is 5.98. The number of aromatic nitrogens is 1. The minimum absolute atomic E-state index is 0. The predicted molar refractivity (Wildman–Crippen MR) is 34.8 cm³/mol. The van der Waals surface area contributed by atoms with Gasteiger partial charge in [-0.1, -0.05) is 0 Å². The zero-order valence-electron chi connectivity index (χ0n) is 4.87. The van der Waals surface area contributed by atoms with E-state index in [9.17, 15) is 4.79 Å². The van der Waals surface area contributed by atoms with Gasteiger partial charge in [0.15, 0.2) is 0 Å². The Morgan fingerprint density at radius 2 is 2.44 bits per heavy atom. The van der Waals surface area contributed by atoms with Crippen molar-refractivity contribution in [3.05, 3.63) is 16.6 Å². The van der Waals surface area contributed by atoms with Crippen molar-refractivity contribution in [1.82, 2.24) is 4.98 Å². The Labute approximate surface area is 78.0 Å². The van der Waals surface area contributed by atoms with Gasteiger partial charge in [0.05, 0.1) is 0 Å². The van der Waals surface area contributed by atoms with Crippen LogP contribution in [0.15, 0.2) is 11.6 Å². The first-order chi connectivity index (χ1) is 3.80. The number of hydrogen-bond acceptors (Lipinski definition) is 3. The fraction of sp³-hybridized carbons (Fsp3) is 0. The van der Waals surface area contributed by atoms with Crippen LogP contribution in [0.1, 0.15) is 9.80 Å². The second-order valence-corrected chi connectivity index (χ2v) is 2.04. The van der Waals surface area contributed by atoms with Crippen molar-refractivity contribution in [1.29, 1.82) is 0 Å². The Balaban J connectivity index is 0.000000640. The van der Waals surface area contributed by atoms with Crippen molar-refractivity contribution >= 4 is 46.9 Å². The van der Waals surface area contributed by atoms with Crippen LogP contribution in [0.5, 0.6) is 0 Å². The second-order valence-electron chi connectivity index (χ2n) is 1.14. The Kier molecular flexibility index (Phi) is 4.05. The number of nitrogens with zero attached hydrogens (tertiary/aromatic N) is 1. The van der Waals surface area contributed by atoms with E-state index in [1.165, 1.54) is 6.20 Å². The van der Waals surface area contributed by atoms with Crippen LogP contribution in [0, 0.1) is 0 Å². The molecule has 0 amide bonds. The molecule has 1 N–H and O–H groups in total. The van der Waals surface area contributed by atoms with Crippen LogP contribution in [-0.2, 0) is 0 Å². The van der Waals surface area contributed by atoms with E-state index in [4.69, 9.17) is 5.11 Å². The van der Waals surface area contributed by atoms with Gasteiger partial charge in [0.1, 0.15) is 0 Å². The molecule has 0 aliphatic carbocycles. The molecule has 1 aromatic heterocycles. The molecule has 0 aliphatic rings. The van der Waals surface area contributed by atoms with Crippen molar-refractivity contribution in [3.8, 4) is 0 Å². The molecule has 5 heteroatoms. The monoisotopic (exact) mass is 152 g/mol. The average molecular weight is 152 g/mol. The summed E-state index contributed by atoms with van der Waals surface area (Å²) in [5, 5.41) is 9.99. The van der Waals surface area contributed by atoms with E-state index in [0.29, 0.717) is 0 Å². The zero-order valence-corrected chi connectivity index (χ0v) is 7.68. The van der Waals surface area contributed by atoms with Crippen LogP contribution in [0.25, 0.3) is 0 Å². The maximum absolute atomic E-state index is 10.0. The van der Waals surface area contributed by atoms with E-state index in [-0.39, 0.29) is 34.6 Å². The summed E-state index contributed by atoms with van der Waals surface area (Å²) >= 11 is 1.12. The number of aromatic carboxylic acids is 1. The minimum Gasteiger partial charge on any atom is -0.476 e. The summed E-state index contributed by atoms with van der Waals surface area (Å²) in [5.74, 6) is -0.958. The number of carbonyl (C=O) groups is 1.